The van der Waals surface area contributed by atoms with Crippen LogP contribution in [0, 0.1) is 8.99 Å². The van der Waals surface area contributed by atoms with Gasteiger partial charge in [0.05, 0.1) is 7.11 Å². The summed E-state index contributed by atoms with van der Waals surface area (Å²) in [7, 11) is 1.20. The van der Waals surface area contributed by atoms with Crippen LogP contribution in [0.2, 0.25) is 0 Å². The van der Waals surface area contributed by atoms with E-state index in [1.165, 1.54) is 18.9 Å². The molecule has 12 heteroatoms. The molecule has 2 saturated heterocycles. The zero-order valence-corrected chi connectivity index (χ0v) is 21.7. The van der Waals surface area contributed by atoms with Crippen molar-refractivity contribution in [2.45, 2.75) is 43.0 Å². The zero-order chi connectivity index (χ0) is 24.7. The second-order valence-corrected chi connectivity index (χ2v) is 10.9. The average molecular weight is 590 g/mol. The molecule has 180 valence electrons. The van der Waals surface area contributed by atoms with Crippen molar-refractivity contribution in [1.82, 2.24) is 10.2 Å². The number of nitrogens with zero attached hydrogens (tertiary/aromatic N) is 1. The number of carbonyl (C=O) groups excluding carboxylic acids is 4. The highest BCUT2D eigenvalue weighted by Crippen LogP contribution is 2.58. The van der Waals surface area contributed by atoms with Crippen molar-refractivity contribution < 1.29 is 28.7 Å². The summed E-state index contributed by atoms with van der Waals surface area (Å²) in [5.74, 6) is -1.38. The van der Waals surface area contributed by atoms with Gasteiger partial charge in [0.1, 0.15) is 22.9 Å². The number of esters is 1. The lowest BCUT2D eigenvalue weighted by molar-refractivity contribution is -0.169. The van der Waals surface area contributed by atoms with Crippen molar-refractivity contribution in [3.8, 4) is 0 Å². The average Bonchev–Trinajstić information content (AvgIpc) is 2.76. The Hall–Kier alpha value is -2.06. The summed E-state index contributed by atoms with van der Waals surface area (Å²) in [6.45, 7) is 4.70. The molecule has 0 aliphatic carbocycles. The summed E-state index contributed by atoms with van der Waals surface area (Å²) in [4.78, 5) is 50.0. The van der Waals surface area contributed by atoms with Gasteiger partial charge in [-0.1, -0.05) is 26.0 Å². The van der Waals surface area contributed by atoms with E-state index < -0.39 is 46.3 Å². The zero-order valence-electron chi connectivity index (χ0n) is 18.7. The lowest BCUT2D eigenvalue weighted by Crippen LogP contribution is -2.78. The number of nitrogens with one attached hydrogen (secondary N) is 1. The van der Waals surface area contributed by atoms with E-state index in [2.05, 4.69) is 27.9 Å². The van der Waals surface area contributed by atoms with Crippen LogP contribution in [0.15, 0.2) is 18.2 Å². The molecular formula is C21H27IN4O6S. The summed E-state index contributed by atoms with van der Waals surface area (Å²) >= 11 is 3.39. The van der Waals surface area contributed by atoms with E-state index in [1.54, 1.807) is 6.07 Å². The van der Waals surface area contributed by atoms with Gasteiger partial charge in [0, 0.05) is 17.0 Å². The number of carbonyl (C=O) groups is 4. The second-order valence-electron chi connectivity index (χ2n) is 8.44. The van der Waals surface area contributed by atoms with Gasteiger partial charge in [-0.15, -0.1) is 11.8 Å². The molecule has 2 aliphatic rings. The van der Waals surface area contributed by atoms with Gasteiger partial charge in [0.15, 0.2) is 5.41 Å². The Morgan fingerprint density at radius 1 is 1.36 bits per heavy atom. The van der Waals surface area contributed by atoms with Crippen LogP contribution in [0.5, 0.6) is 0 Å². The van der Waals surface area contributed by atoms with E-state index in [4.69, 9.17) is 20.9 Å². The molecule has 3 unspecified atom stereocenters. The number of fused-ring (bicyclic) bond motifs is 1. The van der Waals surface area contributed by atoms with Crippen molar-refractivity contribution in [3.05, 3.63) is 32.9 Å². The Labute approximate surface area is 209 Å². The number of primary amides is 1. The SMILES string of the molecule is COC(=O)C1(COC(N)=O)CN2C(=O)C(N)[C@H]2SC1(NC(C)=O)c1ccc(I)c(C(C)C)c1. The summed E-state index contributed by atoms with van der Waals surface area (Å²) in [6.07, 6.45) is -1.10. The number of nitrogens with two attached hydrogens (primary N) is 2. The number of hydrogen-bond acceptors (Lipinski definition) is 8. The summed E-state index contributed by atoms with van der Waals surface area (Å²) in [5, 5.41) is 2.44. The molecule has 33 heavy (non-hydrogen) atoms. The molecule has 3 amide bonds. The third-order valence-electron chi connectivity index (χ3n) is 6.01. The molecule has 2 heterocycles. The minimum Gasteiger partial charge on any atom is -0.468 e. The Morgan fingerprint density at radius 2 is 2.03 bits per heavy atom. The topological polar surface area (TPSA) is 154 Å². The number of ether oxygens (including phenoxy) is 2. The largest absolute Gasteiger partial charge is 0.468 e. The van der Waals surface area contributed by atoms with Crippen LogP contribution in [0.1, 0.15) is 37.8 Å². The molecule has 0 bridgehead atoms. The van der Waals surface area contributed by atoms with E-state index in [1.807, 2.05) is 26.0 Å². The van der Waals surface area contributed by atoms with Crippen LogP contribution in [0.25, 0.3) is 0 Å². The number of benzene rings is 1. The molecule has 1 aromatic rings. The molecule has 1 aromatic carbocycles. The molecule has 10 nitrogen and oxygen atoms in total. The van der Waals surface area contributed by atoms with E-state index in [-0.39, 0.29) is 18.4 Å². The number of hydrogen-bond donors (Lipinski definition) is 3. The van der Waals surface area contributed by atoms with Crippen molar-refractivity contribution in [3.63, 3.8) is 0 Å². The molecule has 4 atom stereocenters. The van der Waals surface area contributed by atoms with Gasteiger partial charge in [-0.25, -0.2) is 4.79 Å². The highest BCUT2D eigenvalue weighted by atomic mass is 127. The van der Waals surface area contributed by atoms with Crippen LogP contribution in [0.3, 0.4) is 0 Å². The maximum absolute atomic E-state index is 13.4. The Bertz CT molecular complexity index is 1010. The van der Waals surface area contributed by atoms with Crippen molar-refractivity contribution in [2.75, 3.05) is 20.3 Å². The van der Waals surface area contributed by atoms with Crippen LogP contribution < -0.4 is 16.8 Å². The molecule has 0 aromatic heterocycles. The van der Waals surface area contributed by atoms with E-state index in [0.29, 0.717) is 5.56 Å². The van der Waals surface area contributed by atoms with Gasteiger partial charge in [-0.05, 0) is 45.7 Å². The second kappa shape index (κ2) is 9.29. The first-order chi connectivity index (χ1) is 15.4. The third-order valence-corrected chi connectivity index (χ3v) is 8.86. The molecule has 2 fully saturated rings. The summed E-state index contributed by atoms with van der Waals surface area (Å²) in [6, 6.07) is 4.81. The van der Waals surface area contributed by atoms with Crippen LogP contribution in [-0.4, -0.2) is 60.5 Å². The first-order valence-electron chi connectivity index (χ1n) is 10.2. The predicted molar refractivity (Wildman–Crippen MR) is 130 cm³/mol. The number of methoxy groups -OCH3 is 1. The Kier molecular flexibility index (Phi) is 7.20. The lowest BCUT2D eigenvalue weighted by atomic mass is 9.74. The normalized spacial score (nSPS) is 28.6. The first-order valence-corrected chi connectivity index (χ1v) is 12.2. The van der Waals surface area contributed by atoms with Crippen molar-refractivity contribution in [2.24, 2.45) is 16.9 Å². The van der Waals surface area contributed by atoms with Crippen molar-refractivity contribution >= 4 is 58.2 Å². The summed E-state index contributed by atoms with van der Waals surface area (Å²) in [5.41, 5.74) is 11.2. The lowest BCUT2D eigenvalue weighted by Gasteiger charge is -2.60. The first kappa shape index (κ1) is 25.6. The van der Waals surface area contributed by atoms with Crippen LogP contribution in [0.4, 0.5) is 4.79 Å². The minimum atomic E-state index is -1.69. The van der Waals surface area contributed by atoms with Gasteiger partial charge in [-0.2, -0.15) is 0 Å². The molecular weight excluding hydrogens is 563 g/mol. The molecule has 0 radical (unpaired) electrons. The molecule has 2 aliphatic heterocycles. The van der Waals surface area contributed by atoms with Crippen LogP contribution in [-0.2, 0) is 28.7 Å². The van der Waals surface area contributed by atoms with E-state index in [0.717, 1.165) is 20.9 Å². The Morgan fingerprint density at radius 3 is 2.58 bits per heavy atom. The highest BCUT2D eigenvalue weighted by molar-refractivity contribution is 14.1. The maximum atomic E-state index is 13.4. The quantitative estimate of drug-likeness (QED) is 0.254. The maximum Gasteiger partial charge on any atom is 0.404 e. The number of rotatable bonds is 6. The van der Waals surface area contributed by atoms with E-state index in [9.17, 15) is 19.2 Å². The highest BCUT2D eigenvalue weighted by Gasteiger charge is 2.69. The third kappa shape index (κ3) is 4.16. The van der Waals surface area contributed by atoms with Crippen molar-refractivity contribution in [1.29, 1.82) is 0 Å². The molecule has 5 N–H and O–H groups in total. The fraction of sp³-hybridized carbons (Fsp3) is 0.524. The van der Waals surface area contributed by atoms with Gasteiger partial charge in [0.2, 0.25) is 11.8 Å². The number of halogens is 1. The molecule has 0 saturated carbocycles. The standard InChI is InChI=1S/C21H27IN4O6S/c1-10(2)13-7-12(5-6-14(13)22)21(25-11(3)27)20(18(29)31-4,9-32-19(24)30)8-26-16(28)15(23)17(26)33-21/h5-7,10,15,17H,8-9,23H2,1-4H3,(H2,24,30)(H,25,27)/t15?,17-,20?,21?/m1/s1. The predicted octanol–water partition coefficient (Wildman–Crippen LogP) is 1.20. The van der Waals surface area contributed by atoms with Gasteiger partial charge in [-0.3, -0.25) is 14.4 Å². The minimum absolute atomic E-state index is 0.151. The number of thioether (sulfide) groups is 1. The monoisotopic (exact) mass is 590 g/mol. The molecule has 0 spiro atoms. The molecule has 3 rings (SSSR count). The van der Waals surface area contributed by atoms with Gasteiger partial charge >= 0.3 is 12.1 Å². The number of amides is 3. The van der Waals surface area contributed by atoms with E-state index >= 15 is 0 Å². The Balaban J connectivity index is 2.32. The summed E-state index contributed by atoms with van der Waals surface area (Å²) < 4.78 is 11.3. The smallest absolute Gasteiger partial charge is 0.404 e. The fourth-order valence-electron chi connectivity index (χ4n) is 4.37. The van der Waals surface area contributed by atoms with Crippen LogP contribution >= 0.6 is 34.4 Å². The number of β-lactam (4-membered cyclic amide) rings is 1. The van der Waals surface area contributed by atoms with Gasteiger partial charge < -0.3 is 31.2 Å². The van der Waals surface area contributed by atoms with Gasteiger partial charge in [0.25, 0.3) is 0 Å². The fourth-order valence-corrected chi connectivity index (χ4v) is 7.16.